The lowest BCUT2D eigenvalue weighted by Crippen LogP contribution is -2.61. The van der Waals surface area contributed by atoms with E-state index in [9.17, 15) is 0 Å². The van der Waals surface area contributed by atoms with Crippen molar-refractivity contribution in [1.29, 1.82) is 0 Å². The van der Waals surface area contributed by atoms with E-state index < -0.39 is 0 Å². The number of aryl methyl sites for hydroxylation is 4. The number of benzene rings is 10. The van der Waals surface area contributed by atoms with Gasteiger partial charge in [-0.15, -0.1) is 0 Å². The third-order valence-corrected chi connectivity index (χ3v) is 17.7. The number of hydrogen-bond donors (Lipinski definition) is 0. The van der Waals surface area contributed by atoms with Crippen molar-refractivity contribution in [3.05, 3.63) is 268 Å². The Morgan fingerprint density at radius 3 is 1.01 bits per heavy atom. The minimum Gasteiger partial charge on any atom is -0.311 e. The van der Waals surface area contributed by atoms with E-state index in [1.807, 2.05) is 0 Å². The molecule has 2 aliphatic heterocycles. The first-order valence-corrected chi connectivity index (χ1v) is 31.0. The lowest BCUT2D eigenvalue weighted by molar-refractivity contribution is 0.590. The Balaban J connectivity index is 0.000000179. The van der Waals surface area contributed by atoms with E-state index in [1.54, 1.807) is 0 Å². The zero-order valence-corrected chi connectivity index (χ0v) is 54.3. The fraction of sp³-hybridized carbons (Fsp3) is 0.250. The summed E-state index contributed by atoms with van der Waals surface area (Å²) in [5.74, 6) is 0. The van der Waals surface area contributed by atoms with Crippen LogP contribution in [0, 0.1) is 27.7 Å². The number of rotatable bonds is 8. The van der Waals surface area contributed by atoms with Crippen molar-refractivity contribution in [3.8, 4) is 0 Å². The van der Waals surface area contributed by atoms with E-state index in [0.29, 0.717) is 5.02 Å². The van der Waals surface area contributed by atoms with Crippen LogP contribution in [-0.4, -0.2) is 6.71 Å². The summed E-state index contributed by atoms with van der Waals surface area (Å²) in [6.45, 7) is 36.0. The molecule has 10 aromatic rings. The fourth-order valence-corrected chi connectivity index (χ4v) is 12.5. The van der Waals surface area contributed by atoms with Gasteiger partial charge >= 0.3 is 0 Å². The van der Waals surface area contributed by atoms with Crippen LogP contribution >= 0.6 is 11.6 Å². The summed E-state index contributed by atoms with van der Waals surface area (Å²) in [7, 11) is 0. The second-order valence-corrected chi connectivity index (χ2v) is 28.5. The Labute approximate surface area is 519 Å². The monoisotopic (exact) mass is 1150 g/mol. The first-order chi connectivity index (χ1) is 40.7. The highest BCUT2D eigenvalue weighted by Gasteiger charge is 2.43. The van der Waals surface area contributed by atoms with Crippen LogP contribution in [0.25, 0.3) is 0 Å². The molecule has 12 rings (SSSR count). The predicted molar refractivity (Wildman–Crippen MR) is 375 cm³/mol. The Hall–Kier alpha value is -8.25. The van der Waals surface area contributed by atoms with E-state index in [4.69, 9.17) is 11.6 Å². The van der Waals surface area contributed by atoms with E-state index >= 15 is 0 Å². The zero-order valence-electron chi connectivity index (χ0n) is 53.5. The van der Waals surface area contributed by atoms with E-state index in [0.717, 1.165) is 34.1 Å². The molecule has 0 spiro atoms. The van der Waals surface area contributed by atoms with E-state index in [2.05, 4.69) is 349 Å². The van der Waals surface area contributed by atoms with Gasteiger partial charge in [-0.2, -0.15) is 0 Å². The molecule has 0 amide bonds. The molecule has 0 radical (unpaired) electrons. The van der Waals surface area contributed by atoms with Crippen LogP contribution in [-0.2, 0) is 21.7 Å². The van der Waals surface area contributed by atoms with Gasteiger partial charge in [-0.1, -0.05) is 226 Å². The molecule has 0 atom stereocenters. The topological polar surface area (TPSA) is 13.0 Å². The van der Waals surface area contributed by atoms with E-state index in [-0.39, 0.29) is 28.4 Å². The summed E-state index contributed by atoms with van der Waals surface area (Å²) in [5, 5.41) is 0.684. The van der Waals surface area contributed by atoms with Crippen LogP contribution in [0.2, 0.25) is 5.02 Å². The first kappa shape index (κ1) is 59.5. The predicted octanol–water partition coefficient (Wildman–Crippen LogP) is 21.5. The van der Waals surface area contributed by atoms with Crippen LogP contribution < -0.4 is 36.0 Å². The summed E-state index contributed by atoms with van der Waals surface area (Å²) in [6.07, 6.45) is 0. The van der Waals surface area contributed by atoms with Gasteiger partial charge in [0.2, 0.25) is 0 Å². The van der Waals surface area contributed by atoms with Gasteiger partial charge in [-0.25, -0.2) is 0 Å². The number of nitrogens with zero attached hydrogens (tertiary/aromatic N) is 4. The summed E-state index contributed by atoms with van der Waals surface area (Å²) < 4.78 is 0. The first-order valence-electron chi connectivity index (χ1n) is 30.6. The van der Waals surface area contributed by atoms with Crippen LogP contribution in [0.4, 0.5) is 68.2 Å². The van der Waals surface area contributed by atoms with Crippen molar-refractivity contribution in [2.45, 2.75) is 132 Å². The molecule has 0 aromatic heterocycles. The van der Waals surface area contributed by atoms with Gasteiger partial charge in [0.25, 0.3) is 6.71 Å². The van der Waals surface area contributed by atoms with Crippen LogP contribution in [0.1, 0.15) is 128 Å². The van der Waals surface area contributed by atoms with Crippen molar-refractivity contribution in [2.24, 2.45) is 0 Å². The van der Waals surface area contributed by atoms with Gasteiger partial charge in [0.05, 0.1) is 16.4 Å². The Morgan fingerprint density at radius 1 is 0.314 bits per heavy atom. The molecular formula is C80H84BClN4. The van der Waals surface area contributed by atoms with Crippen molar-refractivity contribution in [1.82, 2.24) is 0 Å². The van der Waals surface area contributed by atoms with Gasteiger partial charge in [0.1, 0.15) is 0 Å². The molecule has 2 heterocycles. The summed E-state index contributed by atoms with van der Waals surface area (Å²) in [4.78, 5) is 9.49. The normalized spacial score (nSPS) is 12.9. The maximum atomic E-state index is 7.48. The fourth-order valence-electron chi connectivity index (χ4n) is 12.2. The van der Waals surface area contributed by atoms with Crippen molar-refractivity contribution in [2.75, 3.05) is 19.6 Å². The van der Waals surface area contributed by atoms with Gasteiger partial charge in [0.15, 0.2) is 0 Å². The quantitative estimate of drug-likeness (QED) is 0.141. The number of fused-ring (bicyclic) bond motifs is 4. The van der Waals surface area contributed by atoms with Crippen molar-refractivity contribution >= 4 is 103 Å². The van der Waals surface area contributed by atoms with Crippen LogP contribution in [0.3, 0.4) is 0 Å². The molecule has 86 heavy (non-hydrogen) atoms. The number of halogens is 1. The molecule has 434 valence electrons. The van der Waals surface area contributed by atoms with Gasteiger partial charge < -0.3 is 19.6 Å². The summed E-state index contributed by atoms with van der Waals surface area (Å²) in [6, 6.07) is 80.5. The smallest absolute Gasteiger partial charge is 0.252 e. The average molecular weight is 1150 g/mol. The molecule has 0 N–H and O–H groups in total. The van der Waals surface area contributed by atoms with Gasteiger partial charge in [0, 0.05) is 56.9 Å². The molecule has 6 heteroatoms. The molecule has 0 unspecified atom stereocenters. The van der Waals surface area contributed by atoms with Crippen LogP contribution in [0.15, 0.2) is 218 Å². The van der Waals surface area contributed by atoms with Gasteiger partial charge in [-0.3, -0.25) is 0 Å². The van der Waals surface area contributed by atoms with E-state index in [1.165, 1.54) is 95.0 Å². The molecule has 0 aliphatic carbocycles. The standard InChI is InChI=1S/C40H41BN2.C40H43ClN2/c1-26-12-18-30(19-13-26)42-34-22-14-27(2)24-32(34)41-33-25-29(40(6,7)8)17-23-35(33)43(37-11-9-10-36(42)38(37)41)31-20-15-28(16-21-31)39(3,4)5;1-28-12-20-32(21-13-28)42(33-22-14-29(2)15-23-33)36-10-9-11-37(38(36)41)43(34-24-16-30(17-25-34)39(3,4)5)35-26-18-31(19-27-35)40(6,7)8/h9-25H,1-8H3;9-27H,1-8H3. The number of anilines is 12. The van der Waals surface area contributed by atoms with Gasteiger partial charge in [-0.05, 0) is 197 Å². The highest BCUT2D eigenvalue weighted by atomic mass is 35.5. The minimum absolute atomic E-state index is 0.0477. The highest BCUT2D eigenvalue weighted by molar-refractivity contribution is 7.00. The number of hydrogen-bond acceptors (Lipinski definition) is 4. The summed E-state index contributed by atoms with van der Waals surface area (Å²) >= 11 is 7.48. The molecule has 0 bridgehead atoms. The van der Waals surface area contributed by atoms with Crippen molar-refractivity contribution in [3.63, 3.8) is 0 Å². The highest BCUT2D eigenvalue weighted by Crippen LogP contribution is 2.49. The molecule has 4 nitrogen and oxygen atoms in total. The largest absolute Gasteiger partial charge is 0.311 e. The molecular weight excluding hydrogens is 1060 g/mol. The lowest BCUT2D eigenvalue weighted by atomic mass is 9.33. The van der Waals surface area contributed by atoms with Crippen molar-refractivity contribution < 1.29 is 0 Å². The molecule has 2 aliphatic rings. The second-order valence-electron chi connectivity index (χ2n) is 28.1. The lowest BCUT2D eigenvalue weighted by Gasteiger charge is -2.44. The Bertz CT molecular complexity index is 3960. The zero-order chi connectivity index (χ0) is 61.2. The maximum Gasteiger partial charge on any atom is 0.252 e. The Morgan fingerprint density at radius 2 is 0.616 bits per heavy atom. The molecule has 0 saturated carbocycles. The maximum absolute atomic E-state index is 7.48. The average Bonchev–Trinajstić information content (AvgIpc) is 0.727. The third kappa shape index (κ3) is 11.8. The minimum atomic E-state index is 0.0477. The second kappa shape index (κ2) is 22.9. The molecule has 0 saturated heterocycles. The van der Waals surface area contributed by atoms with Crippen LogP contribution in [0.5, 0.6) is 0 Å². The molecule has 10 aromatic carbocycles. The SMILES string of the molecule is Cc1ccc(N(c2ccc(C)cc2)c2cccc(N(c3ccc(C(C)(C)C)cc3)c3ccc(C(C)(C)C)cc3)c2Cl)cc1.Cc1ccc(N2c3ccc(C)cc3B3c4cc(C(C)(C)C)ccc4N(c4ccc(C(C)(C)C)cc4)c4cccc2c43)cc1. The molecule has 0 fully saturated rings. The third-order valence-electron chi connectivity index (χ3n) is 17.3. The summed E-state index contributed by atoms with van der Waals surface area (Å²) in [5.41, 5.74) is 28.2. The Kier molecular flexibility index (Phi) is 15.8.